The maximum atomic E-state index is 13.2. The summed E-state index contributed by atoms with van der Waals surface area (Å²) in [5.41, 5.74) is -0.848. The summed E-state index contributed by atoms with van der Waals surface area (Å²) in [5.74, 6) is -3.46. The Morgan fingerprint density at radius 2 is 1.89 bits per heavy atom. The van der Waals surface area contributed by atoms with Gasteiger partial charge in [-0.3, -0.25) is 9.69 Å². The summed E-state index contributed by atoms with van der Waals surface area (Å²) in [6.45, 7) is 0. The minimum Gasteiger partial charge on any atom is -0.465 e. The Labute approximate surface area is 104 Å². The lowest BCUT2D eigenvalue weighted by Gasteiger charge is -2.15. The van der Waals surface area contributed by atoms with Gasteiger partial charge in [0.2, 0.25) is 0 Å². The molecule has 0 bridgehead atoms. The molecule has 0 fully saturated rings. The number of hydrogen-bond acceptors (Lipinski definition) is 2. The quantitative estimate of drug-likeness (QED) is 0.817. The lowest BCUT2D eigenvalue weighted by molar-refractivity contribution is -0.167. The number of anilines is 2. The van der Waals surface area contributed by atoms with Crippen LogP contribution in [0.25, 0.3) is 0 Å². The molecule has 0 atom stereocenters. The molecule has 0 unspecified atom stereocenters. The van der Waals surface area contributed by atoms with Gasteiger partial charge in [-0.2, -0.15) is 13.2 Å². The number of rotatable bonds is 2. The maximum Gasteiger partial charge on any atom is 0.471 e. The van der Waals surface area contributed by atoms with E-state index in [9.17, 15) is 27.2 Å². The van der Waals surface area contributed by atoms with Crippen molar-refractivity contribution in [2.75, 3.05) is 17.3 Å². The van der Waals surface area contributed by atoms with E-state index in [1.807, 2.05) is 0 Å². The van der Waals surface area contributed by atoms with E-state index < -0.39 is 29.7 Å². The van der Waals surface area contributed by atoms with Crippen LogP contribution in [0.1, 0.15) is 0 Å². The van der Waals surface area contributed by atoms with Crippen molar-refractivity contribution in [3.05, 3.63) is 24.0 Å². The summed E-state index contributed by atoms with van der Waals surface area (Å²) in [7, 11) is 1.12. The number of nitrogens with zero attached hydrogens (tertiary/aromatic N) is 1. The average Bonchev–Trinajstić information content (AvgIpc) is 2.29. The Morgan fingerprint density at radius 3 is 2.37 bits per heavy atom. The van der Waals surface area contributed by atoms with Gasteiger partial charge < -0.3 is 10.4 Å². The van der Waals surface area contributed by atoms with E-state index in [1.165, 1.54) is 5.32 Å². The smallest absolute Gasteiger partial charge is 0.465 e. The first-order chi connectivity index (χ1) is 8.62. The van der Waals surface area contributed by atoms with Gasteiger partial charge in [-0.1, -0.05) is 0 Å². The summed E-state index contributed by atoms with van der Waals surface area (Å²) >= 11 is 0. The summed E-state index contributed by atoms with van der Waals surface area (Å²) in [6, 6.07) is 2.58. The van der Waals surface area contributed by atoms with E-state index in [2.05, 4.69) is 0 Å². The molecule has 0 aliphatic carbocycles. The Balaban J connectivity index is 3.05. The first-order valence-corrected chi connectivity index (χ1v) is 4.77. The Bertz CT molecular complexity index is 516. The largest absolute Gasteiger partial charge is 0.471 e. The molecule has 0 saturated heterocycles. The van der Waals surface area contributed by atoms with Crippen molar-refractivity contribution >= 4 is 23.4 Å². The van der Waals surface area contributed by atoms with Crippen LogP contribution in [0.4, 0.5) is 33.7 Å². The maximum absolute atomic E-state index is 13.2. The van der Waals surface area contributed by atoms with Gasteiger partial charge in [-0.25, -0.2) is 9.18 Å². The number of nitrogens with one attached hydrogen (secondary N) is 1. The van der Waals surface area contributed by atoms with E-state index in [-0.39, 0.29) is 5.69 Å². The van der Waals surface area contributed by atoms with Gasteiger partial charge in [0.1, 0.15) is 5.82 Å². The molecule has 0 aliphatic heterocycles. The number of carbonyl (C=O) groups is 2. The van der Waals surface area contributed by atoms with Crippen LogP contribution >= 0.6 is 0 Å². The Morgan fingerprint density at radius 1 is 1.32 bits per heavy atom. The fourth-order valence-corrected chi connectivity index (χ4v) is 1.12. The number of hydrogen-bond donors (Lipinski definition) is 2. The van der Waals surface area contributed by atoms with Crippen molar-refractivity contribution in [3.63, 3.8) is 0 Å². The molecule has 1 aromatic carbocycles. The first kappa shape index (κ1) is 14.7. The van der Waals surface area contributed by atoms with Gasteiger partial charge >= 0.3 is 18.2 Å². The predicted octanol–water partition coefficient (Wildman–Crippen LogP) is 2.44. The second kappa shape index (κ2) is 5.12. The highest BCUT2D eigenvalue weighted by Crippen LogP contribution is 2.24. The third-order valence-electron chi connectivity index (χ3n) is 2.13. The highest BCUT2D eigenvalue weighted by Gasteiger charge is 2.39. The minimum absolute atomic E-state index is 0.0913. The average molecular weight is 280 g/mol. The van der Waals surface area contributed by atoms with Crippen molar-refractivity contribution in [2.24, 2.45) is 0 Å². The lowest BCUT2D eigenvalue weighted by Crippen LogP contribution is -2.30. The molecule has 1 rings (SSSR count). The van der Waals surface area contributed by atoms with Crippen molar-refractivity contribution in [3.8, 4) is 0 Å². The highest BCUT2D eigenvalue weighted by atomic mass is 19.4. The normalized spacial score (nSPS) is 11.0. The third-order valence-corrected chi connectivity index (χ3v) is 2.13. The van der Waals surface area contributed by atoms with Gasteiger partial charge in [0.05, 0.1) is 5.69 Å². The van der Waals surface area contributed by atoms with Crippen molar-refractivity contribution in [1.29, 1.82) is 0 Å². The Kier molecular flexibility index (Phi) is 3.98. The molecule has 0 aliphatic rings. The zero-order valence-corrected chi connectivity index (χ0v) is 9.45. The van der Waals surface area contributed by atoms with Gasteiger partial charge in [0, 0.05) is 12.7 Å². The summed E-state index contributed by atoms with van der Waals surface area (Å²) in [5, 5.41) is 10.00. The Hall–Kier alpha value is -2.32. The van der Waals surface area contributed by atoms with E-state index in [0.29, 0.717) is 4.90 Å². The van der Waals surface area contributed by atoms with E-state index in [1.54, 1.807) is 0 Å². The monoisotopic (exact) mass is 280 g/mol. The summed E-state index contributed by atoms with van der Waals surface area (Å²) < 4.78 is 49.3. The van der Waals surface area contributed by atoms with Crippen LogP contribution < -0.4 is 10.2 Å². The topological polar surface area (TPSA) is 69.6 Å². The van der Waals surface area contributed by atoms with Gasteiger partial charge in [0.25, 0.3) is 0 Å². The van der Waals surface area contributed by atoms with Crippen molar-refractivity contribution < 1.29 is 32.3 Å². The molecule has 0 spiro atoms. The highest BCUT2D eigenvalue weighted by molar-refractivity contribution is 5.96. The molecular weight excluding hydrogens is 272 g/mol. The molecular formula is C10H8F4N2O3. The molecule has 9 heteroatoms. The number of alkyl halides is 3. The molecule has 0 saturated carbocycles. The van der Waals surface area contributed by atoms with Crippen LogP contribution in [0, 0.1) is 5.82 Å². The molecule has 0 aromatic heterocycles. The fourth-order valence-electron chi connectivity index (χ4n) is 1.12. The minimum atomic E-state index is -5.17. The van der Waals surface area contributed by atoms with Crippen LogP contribution in [0.5, 0.6) is 0 Å². The number of halogens is 4. The molecule has 104 valence electrons. The van der Waals surface area contributed by atoms with E-state index >= 15 is 0 Å². The molecule has 5 nitrogen and oxygen atoms in total. The van der Waals surface area contributed by atoms with Gasteiger partial charge in [0.15, 0.2) is 0 Å². The fraction of sp³-hybridized carbons (Fsp3) is 0.200. The van der Waals surface area contributed by atoms with Crippen LogP contribution in [0.2, 0.25) is 0 Å². The standard InChI is InChI=1S/C10H8F4N2O3/c1-16(9(18)19)5-2-3-6(11)7(4-5)15-8(17)10(12,13)14/h2-4H,1H3,(H,15,17)(H,18,19). The van der Waals surface area contributed by atoms with Crippen molar-refractivity contribution in [1.82, 2.24) is 0 Å². The third kappa shape index (κ3) is 3.57. The zero-order valence-electron chi connectivity index (χ0n) is 9.45. The predicted molar refractivity (Wildman–Crippen MR) is 57.5 cm³/mol. The second-order valence-electron chi connectivity index (χ2n) is 3.46. The van der Waals surface area contributed by atoms with E-state index in [0.717, 1.165) is 25.2 Å². The molecule has 19 heavy (non-hydrogen) atoms. The molecule has 0 radical (unpaired) electrons. The lowest BCUT2D eigenvalue weighted by atomic mass is 10.2. The number of carbonyl (C=O) groups excluding carboxylic acids is 1. The van der Waals surface area contributed by atoms with E-state index in [4.69, 9.17) is 5.11 Å². The summed E-state index contributed by atoms with van der Waals surface area (Å²) in [6.07, 6.45) is -6.55. The number of benzene rings is 1. The van der Waals surface area contributed by atoms with Crippen LogP contribution in [-0.4, -0.2) is 30.3 Å². The van der Waals surface area contributed by atoms with Gasteiger partial charge in [-0.05, 0) is 18.2 Å². The summed E-state index contributed by atoms with van der Waals surface area (Å²) in [4.78, 5) is 22.0. The molecule has 0 heterocycles. The SMILES string of the molecule is CN(C(=O)O)c1ccc(F)c(NC(=O)C(F)(F)F)c1. The van der Waals surface area contributed by atoms with Crippen LogP contribution in [0.15, 0.2) is 18.2 Å². The number of carboxylic acid groups (broad SMARTS) is 1. The number of amides is 2. The molecule has 2 amide bonds. The first-order valence-electron chi connectivity index (χ1n) is 4.77. The van der Waals surface area contributed by atoms with Crippen molar-refractivity contribution in [2.45, 2.75) is 6.18 Å². The zero-order chi connectivity index (χ0) is 14.8. The van der Waals surface area contributed by atoms with Gasteiger partial charge in [-0.15, -0.1) is 0 Å². The van der Waals surface area contributed by atoms with Crippen LogP contribution in [0.3, 0.4) is 0 Å². The van der Waals surface area contributed by atoms with Crippen LogP contribution in [-0.2, 0) is 4.79 Å². The second-order valence-corrected chi connectivity index (χ2v) is 3.46. The molecule has 2 N–H and O–H groups in total. The molecule has 1 aromatic rings.